The zero-order chi connectivity index (χ0) is 13.1. The van der Waals surface area contributed by atoms with Crippen molar-refractivity contribution in [1.82, 2.24) is 5.32 Å². The fourth-order valence-electron chi connectivity index (χ4n) is 3.02. The van der Waals surface area contributed by atoms with Crippen molar-refractivity contribution in [3.63, 3.8) is 0 Å². The lowest BCUT2D eigenvalue weighted by Crippen LogP contribution is -2.40. The molecule has 1 aliphatic carbocycles. The van der Waals surface area contributed by atoms with Gasteiger partial charge in [-0.2, -0.15) is 0 Å². The molecule has 2 rings (SSSR count). The van der Waals surface area contributed by atoms with Crippen molar-refractivity contribution in [3.05, 3.63) is 12.1 Å². The minimum atomic E-state index is 0.0806. The summed E-state index contributed by atoms with van der Waals surface area (Å²) in [6.45, 7) is 6.83. The molecule has 3 unspecified atom stereocenters. The first-order valence-electron chi connectivity index (χ1n) is 6.83. The maximum Gasteiger partial charge on any atom is 0.232 e. The Morgan fingerprint density at radius 1 is 1.44 bits per heavy atom. The SMILES string of the molecule is CC1CCC(C(C)C)C(C(=O)NC2=COCO2)C1. The fourth-order valence-corrected chi connectivity index (χ4v) is 3.02. The molecule has 1 fully saturated rings. The molecule has 0 radical (unpaired) electrons. The van der Waals surface area contributed by atoms with Crippen LogP contribution < -0.4 is 5.32 Å². The van der Waals surface area contributed by atoms with Crippen molar-refractivity contribution in [2.24, 2.45) is 23.7 Å². The lowest BCUT2D eigenvalue weighted by Gasteiger charge is -2.36. The summed E-state index contributed by atoms with van der Waals surface area (Å²) in [5, 5.41) is 2.83. The lowest BCUT2D eigenvalue weighted by molar-refractivity contribution is -0.129. The van der Waals surface area contributed by atoms with Crippen LogP contribution in [0.3, 0.4) is 0 Å². The number of carbonyl (C=O) groups excluding carboxylic acids is 1. The van der Waals surface area contributed by atoms with Crippen LogP contribution in [0.4, 0.5) is 0 Å². The van der Waals surface area contributed by atoms with Crippen molar-refractivity contribution in [2.75, 3.05) is 6.79 Å². The van der Waals surface area contributed by atoms with E-state index in [1.807, 2.05) is 0 Å². The van der Waals surface area contributed by atoms with Crippen LogP contribution >= 0.6 is 0 Å². The zero-order valence-electron chi connectivity index (χ0n) is 11.4. The Balaban J connectivity index is 2.00. The Labute approximate surface area is 109 Å². The molecule has 1 N–H and O–H groups in total. The number of ether oxygens (including phenoxy) is 2. The molecular weight excluding hydrogens is 230 g/mol. The Hall–Kier alpha value is -1.19. The van der Waals surface area contributed by atoms with E-state index in [4.69, 9.17) is 9.47 Å². The first kappa shape index (κ1) is 13.2. The highest BCUT2D eigenvalue weighted by Crippen LogP contribution is 2.38. The summed E-state index contributed by atoms with van der Waals surface area (Å²) in [5.41, 5.74) is 0. The standard InChI is InChI=1S/C14H23NO3/c1-9(2)11-5-4-10(3)6-12(11)14(16)15-13-7-17-8-18-13/h7,9-12H,4-6,8H2,1-3H3,(H,15,16). The molecule has 18 heavy (non-hydrogen) atoms. The van der Waals surface area contributed by atoms with Crippen LogP contribution in [0.25, 0.3) is 0 Å². The van der Waals surface area contributed by atoms with E-state index in [1.54, 1.807) is 0 Å². The van der Waals surface area contributed by atoms with Crippen LogP contribution in [0, 0.1) is 23.7 Å². The molecule has 0 bridgehead atoms. The van der Waals surface area contributed by atoms with Gasteiger partial charge in [-0.1, -0.05) is 27.2 Å². The van der Waals surface area contributed by atoms with Gasteiger partial charge in [-0.3, -0.25) is 10.1 Å². The second kappa shape index (κ2) is 5.63. The van der Waals surface area contributed by atoms with E-state index < -0.39 is 0 Å². The number of amides is 1. The number of hydrogen-bond donors (Lipinski definition) is 1. The molecule has 2 aliphatic rings. The van der Waals surface area contributed by atoms with E-state index in [2.05, 4.69) is 26.1 Å². The Bertz CT molecular complexity index is 338. The van der Waals surface area contributed by atoms with Crippen molar-refractivity contribution in [2.45, 2.75) is 40.0 Å². The molecular formula is C14H23NO3. The highest BCUT2D eigenvalue weighted by molar-refractivity contribution is 5.80. The maximum atomic E-state index is 12.3. The minimum absolute atomic E-state index is 0.0806. The molecule has 0 aromatic carbocycles. The van der Waals surface area contributed by atoms with Gasteiger partial charge in [0.05, 0.1) is 0 Å². The van der Waals surface area contributed by atoms with Crippen LogP contribution in [0.1, 0.15) is 40.0 Å². The van der Waals surface area contributed by atoms with Gasteiger partial charge in [0, 0.05) is 5.92 Å². The Morgan fingerprint density at radius 2 is 2.22 bits per heavy atom. The molecule has 1 heterocycles. The van der Waals surface area contributed by atoms with Crippen molar-refractivity contribution in [1.29, 1.82) is 0 Å². The quantitative estimate of drug-likeness (QED) is 0.841. The van der Waals surface area contributed by atoms with Gasteiger partial charge in [0.2, 0.25) is 18.6 Å². The molecule has 1 aliphatic heterocycles. The van der Waals surface area contributed by atoms with Crippen molar-refractivity contribution in [3.8, 4) is 0 Å². The third kappa shape index (κ3) is 2.98. The second-order valence-corrected chi connectivity index (χ2v) is 5.83. The average Bonchev–Trinajstić information content (AvgIpc) is 2.81. The molecule has 0 spiro atoms. The minimum Gasteiger partial charge on any atom is -0.459 e. The van der Waals surface area contributed by atoms with Gasteiger partial charge in [-0.05, 0) is 30.6 Å². The zero-order valence-corrected chi connectivity index (χ0v) is 11.4. The summed E-state index contributed by atoms with van der Waals surface area (Å²) in [6.07, 6.45) is 4.82. The fraction of sp³-hybridized carbons (Fsp3) is 0.786. The summed E-state index contributed by atoms with van der Waals surface area (Å²) in [4.78, 5) is 12.3. The third-order valence-electron chi connectivity index (χ3n) is 4.08. The highest BCUT2D eigenvalue weighted by Gasteiger charge is 2.35. The summed E-state index contributed by atoms with van der Waals surface area (Å²) in [5.74, 6) is 2.27. The number of carbonyl (C=O) groups is 1. The predicted molar refractivity (Wildman–Crippen MR) is 68.1 cm³/mol. The molecule has 1 saturated carbocycles. The van der Waals surface area contributed by atoms with Gasteiger partial charge in [-0.15, -0.1) is 0 Å². The largest absolute Gasteiger partial charge is 0.459 e. The predicted octanol–water partition coefficient (Wildman–Crippen LogP) is 2.61. The van der Waals surface area contributed by atoms with Crippen molar-refractivity contribution >= 4 is 5.91 Å². The normalized spacial score (nSPS) is 31.6. The van der Waals surface area contributed by atoms with E-state index >= 15 is 0 Å². The number of rotatable bonds is 3. The summed E-state index contributed by atoms with van der Waals surface area (Å²) >= 11 is 0. The maximum absolute atomic E-state index is 12.3. The smallest absolute Gasteiger partial charge is 0.232 e. The Morgan fingerprint density at radius 3 is 2.83 bits per heavy atom. The van der Waals surface area contributed by atoms with E-state index in [0.29, 0.717) is 23.6 Å². The van der Waals surface area contributed by atoms with Crippen LogP contribution in [0.15, 0.2) is 12.1 Å². The van der Waals surface area contributed by atoms with Gasteiger partial charge in [0.25, 0.3) is 0 Å². The van der Waals surface area contributed by atoms with Crippen LogP contribution in [-0.2, 0) is 14.3 Å². The van der Waals surface area contributed by atoms with Crippen LogP contribution in [0.5, 0.6) is 0 Å². The molecule has 3 atom stereocenters. The molecule has 0 aromatic heterocycles. The lowest BCUT2D eigenvalue weighted by atomic mass is 9.70. The molecule has 4 heteroatoms. The van der Waals surface area contributed by atoms with Gasteiger partial charge in [-0.25, -0.2) is 0 Å². The Kier molecular flexibility index (Phi) is 4.15. The average molecular weight is 253 g/mol. The summed E-state index contributed by atoms with van der Waals surface area (Å²) < 4.78 is 10.1. The monoisotopic (exact) mass is 253 g/mol. The number of nitrogens with one attached hydrogen (secondary N) is 1. The topological polar surface area (TPSA) is 47.6 Å². The first-order valence-corrected chi connectivity index (χ1v) is 6.83. The van der Waals surface area contributed by atoms with Gasteiger partial charge < -0.3 is 9.47 Å². The van der Waals surface area contributed by atoms with Crippen LogP contribution in [-0.4, -0.2) is 12.7 Å². The third-order valence-corrected chi connectivity index (χ3v) is 4.08. The van der Waals surface area contributed by atoms with Crippen LogP contribution in [0.2, 0.25) is 0 Å². The second-order valence-electron chi connectivity index (χ2n) is 5.83. The van der Waals surface area contributed by atoms with Gasteiger partial charge in [0.15, 0.2) is 0 Å². The number of hydrogen-bond acceptors (Lipinski definition) is 3. The van der Waals surface area contributed by atoms with E-state index in [0.717, 1.165) is 12.8 Å². The molecule has 1 amide bonds. The molecule has 0 saturated heterocycles. The van der Waals surface area contributed by atoms with E-state index in [9.17, 15) is 4.79 Å². The van der Waals surface area contributed by atoms with Gasteiger partial charge >= 0.3 is 0 Å². The molecule has 102 valence electrons. The van der Waals surface area contributed by atoms with E-state index in [1.165, 1.54) is 12.7 Å². The van der Waals surface area contributed by atoms with Gasteiger partial charge in [0.1, 0.15) is 6.26 Å². The molecule has 0 aromatic rings. The highest BCUT2D eigenvalue weighted by atomic mass is 16.7. The van der Waals surface area contributed by atoms with Crippen molar-refractivity contribution < 1.29 is 14.3 Å². The first-order chi connectivity index (χ1) is 8.58. The summed E-state index contributed by atoms with van der Waals surface area (Å²) in [7, 11) is 0. The molecule has 4 nitrogen and oxygen atoms in total. The van der Waals surface area contributed by atoms with E-state index in [-0.39, 0.29) is 18.6 Å². The summed E-state index contributed by atoms with van der Waals surface area (Å²) in [6, 6.07) is 0.